The lowest BCUT2D eigenvalue weighted by atomic mass is 9.95. The monoisotopic (exact) mass is 361 g/mol. The fourth-order valence-electron chi connectivity index (χ4n) is 2.88. The Bertz CT molecular complexity index is 799. The number of rotatable bonds is 8. The first-order valence-electron chi connectivity index (χ1n) is 8.35. The number of para-hydroxylation sites is 1. The number of hydrogen-bond acceptors (Lipinski definition) is 4. The van der Waals surface area contributed by atoms with Gasteiger partial charge in [0, 0.05) is 23.5 Å². The molecule has 0 aliphatic rings. The standard InChI is InChI=1S/C18H23N3O5/c1-10(2)7-13(17(23)21-26)16(22)20-15(18(24)25)8-11-9-19-14-6-4-3-5-12(11)14/h3-6,9-10,13,15,19,26H,7-8H2,1-2H3,(H,20,22)(H,21,23)(H,24,25). The molecule has 8 nitrogen and oxygen atoms in total. The molecule has 1 heterocycles. The van der Waals surface area contributed by atoms with Crippen LogP contribution in [-0.4, -0.2) is 39.1 Å². The molecule has 1 aromatic carbocycles. The molecule has 0 spiro atoms. The summed E-state index contributed by atoms with van der Waals surface area (Å²) >= 11 is 0. The molecule has 0 radical (unpaired) electrons. The van der Waals surface area contributed by atoms with Crippen LogP contribution < -0.4 is 10.8 Å². The maximum absolute atomic E-state index is 12.4. The van der Waals surface area contributed by atoms with Gasteiger partial charge in [0.1, 0.15) is 12.0 Å². The minimum absolute atomic E-state index is 0.0138. The van der Waals surface area contributed by atoms with Gasteiger partial charge >= 0.3 is 5.97 Å². The number of aromatic nitrogens is 1. The first-order chi connectivity index (χ1) is 12.3. The van der Waals surface area contributed by atoms with Crippen LogP contribution in [0.4, 0.5) is 0 Å². The van der Waals surface area contributed by atoms with Gasteiger partial charge in [-0.15, -0.1) is 0 Å². The molecule has 1 aromatic heterocycles. The van der Waals surface area contributed by atoms with Crippen molar-refractivity contribution in [3.8, 4) is 0 Å². The summed E-state index contributed by atoms with van der Waals surface area (Å²) in [6.07, 6.45) is 1.97. The molecule has 2 amide bonds. The number of nitrogens with one attached hydrogen (secondary N) is 3. The van der Waals surface area contributed by atoms with Gasteiger partial charge in [0.15, 0.2) is 0 Å². The third-order valence-corrected chi connectivity index (χ3v) is 4.16. The molecular formula is C18H23N3O5. The summed E-state index contributed by atoms with van der Waals surface area (Å²) in [6.45, 7) is 3.65. The largest absolute Gasteiger partial charge is 0.480 e. The van der Waals surface area contributed by atoms with Crippen molar-refractivity contribution in [2.24, 2.45) is 11.8 Å². The van der Waals surface area contributed by atoms with Gasteiger partial charge in [0.25, 0.3) is 5.91 Å². The number of carboxylic acids is 1. The van der Waals surface area contributed by atoms with Crippen molar-refractivity contribution in [3.05, 3.63) is 36.0 Å². The molecule has 140 valence electrons. The van der Waals surface area contributed by atoms with Crippen LogP contribution in [0.3, 0.4) is 0 Å². The fraction of sp³-hybridized carbons (Fsp3) is 0.389. The molecule has 0 saturated heterocycles. The number of hydrogen-bond donors (Lipinski definition) is 5. The summed E-state index contributed by atoms with van der Waals surface area (Å²) in [6, 6.07) is 6.25. The molecule has 0 fully saturated rings. The second-order valence-electron chi connectivity index (χ2n) is 6.62. The second kappa shape index (κ2) is 8.48. The number of carbonyl (C=O) groups is 3. The van der Waals surface area contributed by atoms with E-state index in [1.165, 1.54) is 5.48 Å². The Labute approximate surface area is 150 Å². The van der Waals surface area contributed by atoms with Crippen molar-refractivity contribution in [1.82, 2.24) is 15.8 Å². The van der Waals surface area contributed by atoms with Gasteiger partial charge in [-0.3, -0.25) is 14.8 Å². The molecule has 2 atom stereocenters. The average Bonchev–Trinajstić information content (AvgIpc) is 3.01. The van der Waals surface area contributed by atoms with Crippen LogP contribution in [-0.2, 0) is 20.8 Å². The van der Waals surface area contributed by atoms with E-state index in [2.05, 4.69) is 10.3 Å². The van der Waals surface area contributed by atoms with Crippen molar-refractivity contribution in [3.63, 3.8) is 0 Å². The number of amides is 2. The van der Waals surface area contributed by atoms with E-state index < -0.39 is 29.7 Å². The normalized spacial score (nSPS) is 13.4. The van der Waals surface area contributed by atoms with Crippen molar-refractivity contribution in [2.45, 2.75) is 32.7 Å². The van der Waals surface area contributed by atoms with E-state index in [0.29, 0.717) is 0 Å². The Morgan fingerprint density at radius 2 is 1.85 bits per heavy atom. The highest BCUT2D eigenvalue weighted by atomic mass is 16.5. The van der Waals surface area contributed by atoms with Crippen LogP contribution >= 0.6 is 0 Å². The second-order valence-corrected chi connectivity index (χ2v) is 6.62. The molecule has 0 bridgehead atoms. The van der Waals surface area contributed by atoms with E-state index in [0.717, 1.165) is 16.5 Å². The van der Waals surface area contributed by atoms with Crippen LogP contribution in [0.15, 0.2) is 30.5 Å². The smallest absolute Gasteiger partial charge is 0.326 e. The lowest BCUT2D eigenvalue weighted by Gasteiger charge is -2.20. The SMILES string of the molecule is CC(C)CC(C(=O)NO)C(=O)NC(Cc1c[nH]c2ccccc12)C(=O)O. The predicted octanol–water partition coefficient (Wildman–Crippen LogP) is 1.45. The number of aliphatic carboxylic acids is 1. The zero-order chi connectivity index (χ0) is 19.3. The Morgan fingerprint density at radius 1 is 1.15 bits per heavy atom. The molecule has 0 aliphatic heterocycles. The maximum atomic E-state index is 12.4. The average molecular weight is 361 g/mol. The number of carboxylic acid groups (broad SMARTS) is 1. The first-order valence-corrected chi connectivity index (χ1v) is 8.35. The lowest BCUT2D eigenvalue weighted by Crippen LogP contribution is -2.48. The lowest BCUT2D eigenvalue weighted by molar-refractivity contribution is -0.146. The van der Waals surface area contributed by atoms with Gasteiger partial charge in [0.05, 0.1) is 0 Å². The quantitative estimate of drug-likeness (QED) is 0.276. The molecule has 0 saturated carbocycles. The fourth-order valence-corrected chi connectivity index (χ4v) is 2.88. The molecule has 2 rings (SSSR count). The van der Waals surface area contributed by atoms with Crippen LogP contribution in [0.25, 0.3) is 10.9 Å². The Kier molecular flexibility index (Phi) is 6.35. The number of aromatic amines is 1. The Morgan fingerprint density at radius 3 is 2.46 bits per heavy atom. The molecule has 5 N–H and O–H groups in total. The number of hydroxylamine groups is 1. The molecule has 2 aromatic rings. The van der Waals surface area contributed by atoms with E-state index in [1.54, 1.807) is 6.20 Å². The van der Waals surface area contributed by atoms with Gasteiger partial charge in [-0.1, -0.05) is 32.0 Å². The summed E-state index contributed by atoms with van der Waals surface area (Å²) in [7, 11) is 0. The van der Waals surface area contributed by atoms with E-state index in [9.17, 15) is 19.5 Å². The van der Waals surface area contributed by atoms with Gasteiger partial charge in [0.2, 0.25) is 5.91 Å². The highest BCUT2D eigenvalue weighted by molar-refractivity contribution is 6.01. The van der Waals surface area contributed by atoms with Crippen molar-refractivity contribution < 1.29 is 24.7 Å². The van der Waals surface area contributed by atoms with Gasteiger partial charge in [-0.05, 0) is 24.0 Å². The van der Waals surface area contributed by atoms with Crippen LogP contribution in [0.2, 0.25) is 0 Å². The summed E-state index contributed by atoms with van der Waals surface area (Å²) < 4.78 is 0. The van der Waals surface area contributed by atoms with E-state index in [4.69, 9.17) is 5.21 Å². The summed E-state index contributed by atoms with van der Waals surface area (Å²) in [5.74, 6) is -3.92. The van der Waals surface area contributed by atoms with Crippen molar-refractivity contribution in [2.75, 3.05) is 0 Å². The third kappa shape index (κ3) is 4.60. The Hall–Kier alpha value is -2.87. The zero-order valence-corrected chi connectivity index (χ0v) is 14.7. The zero-order valence-electron chi connectivity index (χ0n) is 14.7. The minimum Gasteiger partial charge on any atom is -0.480 e. The number of benzene rings is 1. The highest BCUT2D eigenvalue weighted by Gasteiger charge is 2.31. The third-order valence-electron chi connectivity index (χ3n) is 4.16. The van der Waals surface area contributed by atoms with Crippen LogP contribution in [0.1, 0.15) is 25.8 Å². The first kappa shape index (κ1) is 19.5. The molecule has 0 aliphatic carbocycles. The van der Waals surface area contributed by atoms with Gasteiger partial charge in [-0.2, -0.15) is 0 Å². The highest BCUT2D eigenvalue weighted by Crippen LogP contribution is 2.20. The van der Waals surface area contributed by atoms with Gasteiger partial charge in [-0.25, -0.2) is 10.3 Å². The van der Waals surface area contributed by atoms with E-state index in [-0.39, 0.29) is 18.8 Å². The number of carbonyl (C=O) groups excluding carboxylic acids is 2. The number of fused-ring (bicyclic) bond motifs is 1. The number of H-pyrrole nitrogens is 1. The summed E-state index contributed by atoms with van der Waals surface area (Å²) in [5.41, 5.74) is 3.09. The Balaban J connectivity index is 2.17. The molecule has 26 heavy (non-hydrogen) atoms. The van der Waals surface area contributed by atoms with E-state index >= 15 is 0 Å². The topological polar surface area (TPSA) is 132 Å². The predicted molar refractivity (Wildman–Crippen MR) is 94.4 cm³/mol. The molecular weight excluding hydrogens is 338 g/mol. The van der Waals surface area contributed by atoms with Crippen molar-refractivity contribution in [1.29, 1.82) is 0 Å². The van der Waals surface area contributed by atoms with Crippen LogP contribution in [0.5, 0.6) is 0 Å². The van der Waals surface area contributed by atoms with Crippen LogP contribution in [0, 0.1) is 11.8 Å². The molecule has 2 unspecified atom stereocenters. The minimum atomic E-state index is -1.20. The van der Waals surface area contributed by atoms with E-state index in [1.807, 2.05) is 38.1 Å². The summed E-state index contributed by atoms with van der Waals surface area (Å²) in [4.78, 5) is 38.9. The summed E-state index contributed by atoms with van der Waals surface area (Å²) in [5, 5.41) is 21.6. The van der Waals surface area contributed by atoms with Gasteiger partial charge < -0.3 is 15.4 Å². The maximum Gasteiger partial charge on any atom is 0.326 e. The van der Waals surface area contributed by atoms with Crippen molar-refractivity contribution >= 4 is 28.7 Å². The molecule has 8 heteroatoms.